The fourth-order valence-corrected chi connectivity index (χ4v) is 2.43. The van der Waals surface area contributed by atoms with E-state index in [2.05, 4.69) is 0 Å². The summed E-state index contributed by atoms with van der Waals surface area (Å²) in [6.45, 7) is 9.51. The molecule has 3 nitrogen and oxygen atoms in total. The van der Waals surface area contributed by atoms with E-state index in [-0.39, 0.29) is 5.56 Å². The molecule has 1 heterocycles. The van der Waals surface area contributed by atoms with Gasteiger partial charge in [-0.3, -0.25) is 0 Å². The lowest BCUT2D eigenvalue weighted by atomic mass is 9.74. The van der Waals surface area contributed by atoms with Gasteiger partial charge in [0.25, 0.3) is 0 Å². The minimum absolute atomic E-state index is 0.241. The van der Waals surface area contributed by atoms with E-state index in [4.69, 9.17) is 26.6 Å². The van der Waals surface area contributed by atoms with E-state index < -0.39 is 30.1 Å². The second-order valence-electron chi connectivity index (χ2n) is 6.24. The van der Waals surface area contributed by atoms with Crippen molar-refractivity contribution in [3.05, 3.63) is 34.1 Å². The molecule has 110 valence electrons. The Labute approximate surface area is 124 Å². The van der Waals surface area contributed by atoms with E-state index in [0.29, 0.717) is 5.02 Å². The van der Waals surface area contributed by atoms with Crippen molar-refractivity contribution in [3.8, 4) is 0 Å². The number of aryl methyl sites for hydroxylation is 1. The van der Waals surface area contributed by atoms with Crippen LogP contribution in [-0.2, 0) is 9.31 Å². The number of hydrogen-bond acceptors (Lipinski definition) is 3. The van der Waals surface area contributed by atoms with Gasteiger partial charge in [-0.15, -0.1) is 0 Å². The van der Waals surface area contributed by atoms with Crippen molar-refractivity contribution in [1.29, 1.82) is 0 Å². The van der Waals surface area contributed by atoms with Gasteiger partial charge in [-0.25, -0.2) is 4.39 Å². The molecule has 2 rings (SSSR count). The molecular formula is C14H20BClFNO2. The van der Waals surface area contributed by atoms with E-state index >= 15 is 0 Å². The predicted octanol–water partition coefficient (Wildman–Crippen LogP) is 3.42. The van der Waals surface area contributed by atoms with Crippen molar-refractivity contribution in [1.82, 2.24) is 0 Å². The molecule has 6 heteroatoms. The average Bonchev–Trinajstić information content (AvgIpc) is 2.54. The lowest BCUT2D eigenvalue weighted by Gasteiger charge is -2.32. The van der Waals surface area contributed by atoms with E-state index in [1.165, 1.54) is 6.07 Å². The van der Waals surface area contributed by atoms with Crippen molar-refractivity contribution in [3.63, 3.8) is 0 Å². The Hall–Kier alpha value is -0.615. The molecule has 0 unspecified atom stereocenters. The Morgan fingerprint density at radius 1 is 1.20 bits per heavy atom. The average molecular weight is 300 g/mol. The highest BCUT2D eigenvalue weighted by Gasteiger charge is 2.54. The van der Waals surface area contributed by atoms with Crippen molar-refractivity contribution in [2.45, 2.75) is 51.8 Å². The highest BCUT2D eigenvalue weighted by molar-refractivity contribution is 6.48. The molecular weight excluding hydrogens is 279 g/mol. The molecule has 2 N–H and O–H groups in total. The monoisotopic (exact) mass is 299 g/mol. The fourth-order valence-electron chi connectivity index (χ4n) is 2.16. The van der Waals surface area contributed by atoms with Gasteiger partial charge < -0.3 is 15.0 Å². The van der Waals surface area contributed by atoms with Crippen LogP contribution < -0.4 is 5.73 Å². The topological polar surface area (TPSA) is 44.5 Å². The lowest BCUT2D eigenvalue weighted by Crippen LogP contribution is -2.41. The summed E-state index contributed by atoms with van der Waals surface area (Å²) >= 11 is 6.18. The molecule has 1 fully saturated rings. The minimum atomic E-state index is -0.775. The smallest absolute Gasteiger partial charge is 0.402 e. The van der Waals surface area contributed by atoms with E-state index in [0.717, 1.165) is 5.56 Å². The van der Waals surface area contributed by atoms with Crippen LogP contribution in [0.4, 0.5) is 4.39 Å². The second kappa shape index (κ2) is 4.99. The Kier molecular flexibility index (Phi) is 3.93. The molecule has 1 aromatic carbocycles. The number of nitrogens with two attached hydrogens (primary N) is 1. The molecule has 1 aromatic rings. The highest BCUT2D eigenvalue weighted by Crippen LogP contribution is 2.41. The molecule has 0 radical (unpaired) electrons. The molecule has 20 heavy (non-hydrogen) atoms. The molecule has 1 atom stereocenters. The molecule has 0 aromatic heterocycles. The van der Waals surface area contributed by atoms with Crippen LogP contribution in [0.2, 0.25) is 5.02 Å². The van der Waals surface area contributed by atoms with Crippen LogP contribution in [0.25, 0.3) is 0 Å². The first-order chi connectivity index (χ1) is 9.07. The summed E-state index contributed by atoms with van der Waals surface area (Å²) in [4.78, 5) is 0. The van der Waals surface area contributed by atoms with Crippen LogP contribution in [0.1, 0.15) is 44.8 Å². The van der Waals surface area contributed by atoms with Gasteiger partial charge in [-0.1, -0.05) is 17.7 Å². The van der Waals surface area contributed by atoms with Crippen molar-refractivity contribution >= 4 is 18.7 Å². The largest absolute Gasteiger partial charge is 0.480 e. The van der Waals surface area contributed by atoms with Gasteiger partial charge in [-0.05, 0) is 46.2 Å². The summed E-state index contributed by atoms with van der Waals surface area (Å²) in [5, 5.41) is 0.326. The fraction of sp³-hybridized carbons (Fsp3) is 0.571. The second-order valence-corrected chi connectivity index (χ2v) is 6.62. The van der Waals surface area contributed by atoms with E-state index in [1.807, 2.05) is 34.6 Å². The zero-order valence-corrected chi connectivity index (χ0v) is 13.2. The highest BCUT2D eigenvalue weighted by atomic mass is 35.5. The number of benzene rings is 1. The Morgan fingerprint density at radius 3 is 2.20 bits per heavy atom. The van der Waals surface area contributed by atoms with Crippen molar-refractivity contribution in [2.24, 2.45) is 5.73 Å². The Balaban J connectivity index is 2.35. The normalized spacial score (nSPS) is 22.1. The van der Waals surface area contributed by atoms with Crippen molar-refractivity contribution < 1.29 is 13.7 Å². The molecule has 0 saturated carbocycles. The first-order valence-electron chi connectivity index (χ1n) is 6.62. The number of rotatable bonds is 2. The Bertz CT molecular complexity index is 520. The van der Waals surface area contributed by atoms with Crippen LogP contribution in [-0.4, -0.2) is 18.3 Å². The van der Waals surface area contributed by atoms with Gasteiger partial charge >= 0.3 is 7.12 Å². The first kappa shape index (κ1) is 15.8. The molecule has 1 saturated heterocycles. The molecule has 0 bridgehead atoms. The quantitative estimate of drug-likeness (QED) is 0.851. The third kappa shape index (κ3) is 2.48. The van der Waals surface area contributed by atoms with Gasteiger partial charge in [0.05, 0.1) is 22.2 Å². The SMILES string of the molecule is Cc1ccc(F)c([C@@H](N)B2OC(C)(C)C(C)(C)O2)c1Cl. The van der Waals surface area contributed by atoms with Crippen LogP contribution in [0, 0.1) is 12.7 Å². The number of hydrogen-bond donors (Lipinski definition) is 1. The van der Waals surface area contributed by atoms with Crippen LogP contribution in [0.5, 0.6) is 0 Å². The van der Waals surface area contributed by atoms with Gasteiger partial charge in [0.1, 0.15) is 5.82 Å². The molecule has 0 amide bonds. The van der Waals surface area contributed by atoms with Crippen LogP contribution >= 0.6 is 11.6 Å². The van der Waals surface area contributed by atoms with E-state index in [9.17, 15) is 4.39 Å². The Morgan fingerprint density at radius 2 is 1.70 bits per heavy atom. The molecule has 1 aliphatic heterocycles. The zero-order valence-electron chi connectivity index (χ0n) is 12.5. The molecule has 1 aliphatic rings. The lowest BCUT2D eigenvalue weighted by molar-refractivity contribution is 0.00578. The third-order valence-corrected chi connectivity index (χ3v) is 4.72. The molecule has 0 spiro atoms. The summed E-state index contributed by atoms with van der Waals surface area (Å²) in [5.74, 6) is -1.22. The summed E-state index contributed by atoms with van der Waals surface area (Å²) in [6, 6.07) is 2.99. The maximum Gasteiger partial charge on any atom is 0.480 e. The van der Waals surface area contributed by atoms with Crippen LogP contribution in [0.15, 0.2) is 12.1 Å². The van der Waals surface area contributed by atoms with Gasteiger partial charge in [0, 0.05) is 5.56 Å². The van der Waals surface area contributed by atoms with Crippen LogP contribution in [0.3, 0.4) is 0 Å². The third-order valence-electron chi connectivity index (χ3n) is 4.22. The van der Waals surface area contributed by atoms with Gasteiger partial charge in [0.15, 0.2) is 0 Å². The summed E-state index contributed by atoms with van der Waals surface area (Å²) in [5.41, 5.74) is 6.13. The summed E-state index contributed by atoms with van der Waals surface area (Å²) in [7, 11) is -0.728. The predicted molar refractivity (Wildman–Crippen MR) is 79.2 cm³/mol. The van der Waals surface area contributed by atoms with E-state index in [1.54, 1.807) is 6.07 Å². The summed E-state index contributed by atoms with van der Waals surface area (Å²) in [6.07, 6.45) is 0. The maximum atomic E-state index is 14.0. The zero-order chi connectivity index (χ0) is 15.3. The maximum absolute atomic E-state index is 14.0. The molecule has 0 aliphatic carbocycles. The first-order valence-corrected chi connectivity index (χ1v) is 7.00. The van der Waals surface area contributed by atoms with Gasteiger partial charge in [-0.2, -0.15) is 0 Å². The van der Waals surface area contributed by atoms with Gasteiger partial charge in [0.2, 0.25) is 0 Å². The minimum Gasteiger partial charge on any atom is -0.402 e. The summed E-state index contributed by atoms with van der Waals surface area (Å²) < 4.78 is 25.8. The standard InChI is InChI=1S/C14H20BClFNO2/c1-8-6-7-9(17)10(11(8)16)12(18)15-19-13(2,3)14(4,5)20-15/h6-7,12H,18H2,1-5H3/t12-/m1/s1. The van der Waals surface area contributed by atoms with Crippen molar-refractivity contribution in [2.75, 3.05) is 0 Å². The number of halogens is 2.